The minimum absolute atomic E-state index is 0.121. The molecule has 0 bridgehead atoms. The lowest BCUT2D eigenvalue weighted by molar-refractivity contribution is -0.137. The average Bonchev–Trinajstić information content (AvgIpc) is 2.14. The third-order valence-electron chi connectivity index (χ3n) is 1.84. The van der Waals surface area contributed by atoms with Crippen LogP contribution in [0.25, 0.3) is 0 Å². The molecular weight excluding hydrogens is 285 g/mol. The van der Waals surface area contributed by atoms with E-state index in [0.717, 1.165) is 6.07 Å². The van der Waals surface area contributed by atoms with Crippen molar-refractivity contribution in [3.05, 3.63) is 22.3 Å². The number of hydrogen-bond donors (Lipinski definition) is 1. The van der Waals surface area contributed by atoms with Crippen molar-refractivity contribution in [3.63, 3.8) is 0 Å². The highest BCUT2D eigenvalue weighted by atomic mass is 79.9. The minimum atomic E-state index is -4.39. The fraction of sp³-hybridized carbons (Fsp3) is 0.500. The molecule has 0 fully saturated rings. The lowest BCUT2D eigenvalue weighted by atomic mass is 10.2. The molecular formula is C10H12BrF3N2. The van der Waals surface area contributed by atoms with Gasteiger partial charge in [-0.1, -0.05) is 13.8 Å². The Labute approximate surface area is 100 Å². The first kappa shape index (κ1) is 13.3. The summed E-state index contributed by atoms with van der Waals surface area (Å²) in [6, 6.07) is 1.02. The van der Waals surface area contributed by atoms with Gasteiger partial charge in [0, 0.05) is 17.2 Å². The number of aromatic nitrogens is 1. The summed E-state index contributed by atoms with van der Waals surface area (Å²) < 4.78 is 38.3. The van der Waals surface area contributed by atoms with E-state index in [1.165, 1.54) is 6.20 Å². The van der Waals surface area contributed by atoms with Crippen molar-refractivity contribution >= 4 is 21.7 Å². The molecule has 0 aliphatic carbocycles. The molecule has 1 aromatic rings. The number of nitrogens with zero attached hydrogens (tertiary/aromatic N) is 1. The standard InChI is InChI=1S/C10H12BrF3N2/c1-6(2)4-15-9-8(10(12,13)14)3-7(11)5-16-9/h3,5-6H,4H2,1-2H3,(H,15,16). The van der Waals surface area contributed by atoms with Gasteiger partial charge in [-0.15, -0.1) is 0 Å². The zero-order valence-electron chi connectivity index (χ0n) is 8.90. The van der Waals surface area contributed by atoms with Gasteiger partial charge in [0.15, 0.2) is 0 Å². The first-order chi connectivity index (χ1) is 7.30. The van der Waals surface area contributed by atoms with Gasteiger partial charge in [-0.3, -0.25) is 0 Å². The second kappa shape index (κ2) is 5.03. The van der Waals surface area contributed by atoms with Gasteiger partial charge >= 0.3 is 6.18 Å². The summed E-state index contributed by atoms with van der Waals surface area (Å²) in [5.41, 5.74) is -0.748. The molecule has 1 aromatic heterocycles. The van der Waals surface area contributed by atoms with Crippen molar-refractivity contribution in [2.75, 3.05) is 11.9 Å². The molecule has 0 saturated heterocycles. The van der Waals surface area contributed by atoms with Gasteiger partial charge in [-0.05, 0) is 27.9 Å². The van der Waals surface area contributed by atoms with Crippen molar-refractivity contribution in [3.8, 4) is 0 Å². The van der Waals surface area contributed by atoms with Crippen molar-refractivity contribution in [1.29, 1.82) is 0 Å². The summed E-state index contributed by atoms with van der Waals surface area (Å²) in [7, 11) is 0. The summed E-state index contributed by atoms with van der Waals surface area (Å²) >= 11 is 2.98. The van der Waals surface area contributed by atoms with Crippen molar-refractivity contribution in [2.24, 2.45) is 5.92 Å². The van der Waals surface area contributed by atoms with Crippen LogP contribution >= 0.6 is 15.9 Å². The molecule has 0 atom stereocenters. The monoisotopic (exact) mass is 296 g/mol. The Morgan fingerprint density at radius 3 is 2.56 bits per heavy atom. The maximum absolute atomic E-state index is 12.7. The predicted molar refractivity (Wildman–Crippen MR) is 60.3 cm³/mol. The number of anilines is 1. The molecule has 2 nitrogen and oxygen atoms in total. The number of pyridine rings is 1. The van der Waals surface area contributed by atoms with Crippen molar-refractivity contribution < 1.29 is 13.2 Å². The normalized spacial score (nSPS) is 11.9. The molecule has 0 saturated carbocycles. The topological polar surface area (TPSA) is 24.9 Å². The van der Waals surface area contributed by atoms with Gasteiger partial charge in [0.2, 0.25) is 0 Å². The van der Waals surface area contributed by atoms with Crippen LogP contribution in [0, 0.1) is 5.92 Å². The fourth-order valence-electron chi connectivity index (χ4n) is 1.10. The predicted octanol–water partition coefficient (Wildman–Crippen LogP) is 3.93. The van der Waals surface area contributed by atoms with Gasteiger partial charge in [-0.25, -0.2) is 4.98 Å². The number of nitrogens with one attached hydrogen (secondary N) is 1. The highest BCUT2D eigenvalue weighted by molar-refractivity contribution is 9.10. The molecule has 0 spiro atoms. The molecule has 1 rings (SSSR count). The quantitative estimate of drug-likeness (QED) is 0.914. The SMILES string of the molecule is CC(C)CNc1ncc(Br)cc1C(F)(F)F. The second-order valence-electron chi connectivity index (χ2n) is 3.82. The maximum Gasteiger partial charge on any atom is 0.419 e. The van der Waals surface area contributed by atoms with Crippen LogP contribution in [-0.4, -0.2) is 11.5 Å². The van der Waals surface area contributed by atoms with Crippen LogP contribution in [-0.2, 0) is 6.18 Å². The number of hydrogen-bond acceptors (Lipinski definition) is 2. The molecule has 1 N–H and O–H groups in total. The Morgan fingerprint density at radius 2 is 2.06 bits per heavy atom. The molecule has 1 heterocycles. The average molecular weight is 297 g/mol. The summed E-state index contributed by atoms with van der Waals surface area (Å²) in [6.45, 7) is 4.29. The van der Waals surface area contributed by atoms with E-state index < -0.39 is 11.7 Å². The molecule has 0 unspecified atom stereocenters. The van der Waals surface area contributed by atoms with Gasteiger partial charge in [0.05, 0.1) is 5.56 Å². The fourth-order valence-corrected chi connectivity index (χ4v) is 1.43. The summed E-state index contributed by atoms with van der Waals surface area (Å²) in [5.74, 6) is 0.135. The summed E-state index contributed by atoms with van der Waals surface area (Å²) in [5, 5.41) is 2.69. The van der Waals surface area contributed by atoms with Crippen LogP contribution in [0.4, 0.5) is 19.0 Å². The van der Waals surface area contributed by atoms with Gasteiger partial charge < -0.3 is 5.32 Å². The maximum atomic E-state index is 12.7. The van der Waals surface area contributed by atoms with Gasteiger partial charge in [0.1, 0.15) is 5.82 Å². The molecule has 0 aromatic carbocycles. The molecule has 0 aliphatic heterocycles. The first-order valence-corrected chi connectivity index (χ1v) is 5.56. The van der Waals surface area contributed by atoms with Crippen LogP contribution in [0.1, 0.15) is 19.4 Å². The first-order valence-electron chi connectivity index (χ1n) is 4.77. The number of halogens is 4. The Kier molecular flexibility index (Phi) is 4.18. The van der Waals surface area contributed by atoms with Gasteiger partial charge in [0.25, 0.3) is 0 Å². The van der Waals surface area contributed by atoms with Gasteiger partial charge in [-0.2, -0.15) is 13.2 Å². The van der Waals surface area contributed by atoms with E-state index in [-0.39, 0.29) is 11.7 Å². The second-order valence-corrected chi connectivity index (χ2v) is 4.74. The van der Waals surface area contributed by atoms with Crippen molar-refractivity contribution in [2.45, 2.75) is 20.0 Å². The van der Waals surface area contributed by atoms with Crippen LogP contribution in [0.15, 0.2) is 16.7 Å². The van der Waals surface area contributed by atoms with E-state index in [2.05, 4.69) is 26.2 Å². The highest BCUT2D eigenvalue weighted by Gasteiger charge is 2.34. The van der Waals surface area contributed by atoms with Crippen LogP contribution < -0.4 is 5.32 Å². The lowest BCUT2D eigenvalue weighted by Crippen LogP contribution is -2.15. The van der Waals surface area contributed by atoms with E-state index in [0.29, 0.717) is 11.0 Å². The zero-order valence-corrected chi connectivity index (χ0v) is 10.5. The van der Waals surface area contributed by atoms with E-state index in [9.17, 15) is 13.2 Å². The van der Waals surface area contributed by atoms with E-state index in [1.807, 2.05) is 13.8 Å². The largest absolute Gasteiger partial charge is 0.419 e. The number of rotatable bonds is 3. The molecule has 6 heteroatoms. The third-order valence-corrected chi connectivity index (χ3v) is 2.27. The molecule has 0 amide bonds. The summed E-state index contributed by atoms with van der Waals surface area (Å²) in [4.78, 5) is 3.74. The minimum Gasteiger partial charge on any atom is -0.369 e. The van der Waals surface area contributed by atoms with Crippen LogP contribution in [0.2, 0.25) is 0 Å². The number of alkyl halides is 3. The Hall–Kier alpha value is -0.780. The molecule has 90 valence electrons. The smallest absolute Gasteiger partial charge is 0.369 e. The van der Waals surface area contributed by atoms with E-state index >= 15 is 0 Å². The van der Waals surface area contributed by atoms with E-state index in [4.69, 9.17) is 0 Å². The Balaban J connectivity index is 2.99. The summed E-state index contributed by atoms with van der Waals surface area (Å²) in [6.07, 6.45) is -3.05. The molecule has 0 radical (unpaired) electrons. The van der Waals surface area contributed by atoms with E-state index in [1.54, 1.807) is 0 Å². The highest BCUT2D eigenvalue weighted by Crippen LogP contribution is 2.35. The van der Waals surface area contributed by atoms with Crippen molar-refractivity contribution in [1.82, 2.24) is 4.98 Å². The lowest BCUT2D eigenvalue weighted by Gasteiger charge is -2.14. The Bertz CT molecular complexity index is 364. The molecule has 16 heavy (non-hydrogen) atoms. The zero-order chi connectivity index (χ0) is 12.3. The molecule has 0 aliphatic rings. The van der Waals surface area contributed by atoms with Crippen LogP contribution in [0.5, 0.6) is 0 Å². The Morgan fingerprint density at radius 1 is 1.44 bits per heavy atom. The third kappa shape index (κ3) is 3.66. The van der Waals surface area contributed by atoms with Crippen LogP contribution in [0.3, 0.4) is 0 Å².